The van der Waals surface area contributed by atoms with E-state index in [1.165, 1.54) is 29.5 Å². The summed E-state index contributed by atoms with van der Waals surface area (Å²) in [6.07, 6.45) is 3.91. The molecule has 0 aliphatic carbocycles. The van der Waals surface area contributed by atoms with E-state index in [9.17, 15) is 4.79 Å². The third kappa shape index (κ3) is 5.95. The average molecular weight is 389 g/mol. The van der Waals surface area contributed by atoms with E-state index in [0.717, 1.165) is 20.9 Å². The molecule has 1 amide bonds. The average Bonchev–Trinajstić information content (AvgIpc) is 2.97. The number of nitrogens with zero attached hydrogens (tertiary/aromatic N) is 3. The van der Waals surface area contributed by atoms with E-state index in [1.807, 2.05) is 6.92 Å². The van der Waals surface area contributed by atoms with Gasteiger partial charge in [-0.1, -0.05) is 59.8 Å². The van der Waals surface area contributed by atoms with Crippen LogP contribution in [-0.2, 0) is 4.79 Å². The molecule has 0 aliphatic rings. The van der Waals surface area contributed by atoms with E-state index in [2.05, 4.69) is 27.4 Å². The molecular formula is C14H17ClN4OS3. The summed E-state index contributed by atoms with van der Waals surface area (Å²) in [7, 11) is 0. The molecule has 1 atom stereocenters. The summed E-state index contributed by atoms with van der Waals surface area (Å²) in [4.78, 5) is 16.2. The maximum absolute atomic E-state index is 12.2. The number of aromatic nitrogens is 3. The van der Waals surface area contributed by atoms with Crippen molar-refractivity contribution in [2.45, 2.75) is 40.6 Å². The highest BCUT2D eigenvalue weighted by atomic mass is 35.5. The number of nitrogens with one attached hydrogen (secondary N) is 1. The first-order chi connectivity index (χ1) is 11.1. The number of thioether (sulfide) groups is 2. The van der Waals surface area contributed by atoms with Gasteiger partial charge in [0.25, 0.3) is 0 Å². The van der Waals surface area contributed by atoms with E-state index < -0.39 is 0 Å². The summed E-state index contributed by atoms with van der Waals surface area (Å²) < 4.78 is 1.74. The number of pyridine rings is 1. The predicted octanol–water partition coefficient (Wildman–Crippen LogP) is 4.60. The van der Waals surface area contributed by atoms with Crippen LogP contribution in [0.1, 0.15) is 26.7 Å². The first-order valence-electron chi connectivity index (χ1n) is 7.14. The van der Waals surface area contributed by atoms with Gasteiger partial charge in [-0.05, 0) is 25.5 Å². The van der Waals surface area contributed by atoms with Crippen molar-refractivity contribution < 1.29 is 4.79 Å². The summed E-state index contributed by atoms with van der Waals surface area (Å²) in [6, 6.07) is 3.45. The minimum atomic E-state index is -0.298. The molecule has 1 N–H and O–H groups in total. The second-order valence-corrected chi connectivity index (χ2v) is 8.89. The van der Waals surface area contributed by atoms with Crippen molar-refractivity contribution in [3.63, 3.8) is 0 Å². The topological polar surface area (TPSA) is 67.8 Å². The highest BCUT2D eigenvalue weighted by Gasteiger charge is 2.18. The van der Waals surface area contributed by atoms with Crippen molar-refractivity contribution in [1.29, 1.82) is 0 Å². The van der Waals surface area contributed by atoms with Crippen LogP contribution in [0.25, 0.3) is 0 Å². The maximum atomic E-state index is 12.2. The zero-order valence-electron chi connectivity index (χ0n) is 12.8. The summed E-state index contributed by atoms with van der Waals surface area (Å²) in [6.45, 7) is 3.99. The molecule has 0 saturated carbocycles. The zero-order chi connectivity index (χ0) is 16.7. The van der Waals surface area contributed by atoms with E-state index in [0.29, 0.717) is 5.69 Å². The summed E-state index contributed by atoms with van der Waals surface area (Å²) in [5.74, 6) is 0.908. The van der Waals surface area contributed by atoms with Crippen LogP contribution in [0.4, 0.5) is 5.69 Å². The minimum absolute atomic E-state index is 0.139. The molecule has 0 unspecified atom stereocenters. The molecule has 2 aromatic rings. The second-order valence-electron chi connectivity index (χ2n) is 4.63. The molecule has 2 heterocycles. The van der Waals surface area contributed by atoms with Crippen molar-refractivity contribution in [2.24, 2.45) is 0 Å². The number of hydrogen-bond acceptors (Lipinski definition) is 7. The molecule has 0 aromatic carbocycles. The first kappa shape index (κ1) is 18.5. The number of halogens is 1. The molecule has 2 rings (SSSR count). The predicted molar refractivity (Wildman–Crippen MR) is 98.7 cm³/mol. The fourth-order valence-corrected chi connectivity index (χ4v) is 5.01. The summed E-state index contributed by atoms with van der Waals surface area (Å²) >= 11 is 10.6. The van der Waals surface area contributed by atoms with Crippen LogP contribution in [0.15, 0.2) is 27.0 Å². The molecule has 9 heteroatoms. The molecule has 5 nitrogen and oxygen atoms in total. The normalized spacial score (nSPS) is 12.1. The lowest BCUT2D eigenvalue weighted by Crippen LogP contribution is -2.22. The third-order valence-electron chi connectivity index (χ3n) is 2.78. The van der Waals surface area contributed by atoms with Gasteiger partial charge in [0.05, 0.1) is 10.9 Å². The highest BCUT2D eigenvalue weighted by molar-refractivity contribution is 8.03. The number of anilines is 1. The van der Waals surface area contributed by atoms with Crippen molar-refractivity contribution in [3.8, 4) is 0 Å². The molecule has 0 radical (unpaired) electrons. The number of carbonyl (C=O) groups excluding carboxylic acids is 1. The fourth-order valence-electron chi connectivity index (χ4n) is 1.53. The lowest BCUT2D eigenvalue weighted by molar-refractivity contribution is -0.115. The summed E-state index contributed by atoms with van der Waals surface area (Å²) in [5.41, 5.74) is 0.514. The Hall–Kier alpha value is -0.830. The van der Waals surface area contributed by atoms with Gasteiger partial charge in [-0.2, -0.15) is 0 Å². The number of rotatable bonds is 8. The fraction of sp³-hybridized carbons (Fsp3) is 0.429. The Balaban J connectivity index is 1.87. The quantitative estimate of drug-likeness (QED) is 0.405. The third-order valence-corrected chi connectivity index (χ3v) is 6.40. The van der Waals surface area contributed by atoms with Crippen LogP contribution in [0.3, 0.4) is 0 Å². The van der Waals surface area contributed by atoms with Gasteiger partial charge in [0, 0.05) is 11.9 Å². The van der Waals surface area contributed by atoms with Crippen LogP contribution in [-0.4, -0.2) is 32.1 Å². The molecule has 0 saturated heterocycles. The lowest BCUT2D eigenvalue weighted by Gasteiger charge is -2.10. The van der Waals surface area contributed by atoms with Crippen molar-refractivity contribution in [2.75, 3.05) is 11.1 Å². The Morgan fingerprint density at radius 3 is 2.96 bits per heavy atom. The SMILES string of the molecule is CCCCSc1nnc(S[C@@H](C)C(=O)Nc2cccnc2Cl)s1. The van der Waals surface area contributed by atoms with E-state index in [4.69, 9.17) is 11.6 Å². The molecule has 23 heavy (non-hydrogen) atoms. The highest BCUT2D eigenvalue weighted by Crippen LogP contribution is 2.32. The largest absolute Gasteiger partial charge is 0.322 e. The van der Waals surface area contributed by atoms with Crippen molar-refractivity contribution >= 4 is 58.1 Å². The van der Waals surface area contributed by atoms with E-state index in [1.54, 1.807) is 30.1 Å². The Labute approximate surface area is 153 Å². The van der Waals surface area contributed by atoms with Gasteiger partial charge in [-0.15, -0.1) is 10.2 Å². The number of carbonyl (C=O) groups is 1. The van der Waals surface area contributed by atoms with Gasteiger partial charge < -0.3 is 5.32 Å². The van der Waals surface area contributed by atoms with Gasteiger partial charge in [0.1, 0.15) is 0 Å². The molecule has 124 valence electrons. The van der Waals surface area contributed by atoms with Gasteiger partial charge in [0.15, 0.2) is 13.8 Å². The monoisotopic (exact) mass is 388 g/mol. The van der Waals surface area contributed by atoms with E-state index >= 15 is 0 Å². The molecule has 0 fully saturated rings. The van der Waals surface area contributed by atoms with Crippen molar-refractivity contribution in [1.82, 2.24) is 15.2 Å². The Kier molecular flexibility index (Phi) is 7.61. The standard InChI is InChI=1S/C14H17ClN4OS3/c1-3-4-8-21-13-18-19-14(23-13)22-9(2)12(20)17-10-6-5-7-16-11(10)15/h5-7,9H,3-4,8H2,1-2H3,(H,17,20)/t9-/m0/s1. The second kappa shape index (κ2) is 9.46. The van der Waals surface area contributed by atoms with Gasteiger partial charge in [-0.25, -0.2) is 4.98 Å². The smallest absolute Gasteiger partial charge is 0.237 e. The number of amides is 1. The maximum Gasteiger partial charge on any atom is 0.237 e. The van der Waals surface area contributed by atoms with Crippen LogP contribution in [0, 0.1) is 0 Å². The Morgan fingerprint density at radius 1 is 1.43 bits per heavy atom. The Morgan fingerprint density at radius 2 is 2.22 bits per heavy atom. The lowest BCUT2D eigenvalue weighted by atomic mass is 10.4. The van der Waals surface area contributed by atoms with Gasteiger partial charge in [-0.3, -0.25) is 4.79 Å². The molecule has 0 aliphatic heterocycles. The molecule has 0 spiro atoms. The minimum Gasteiger partial charge on any atom is -0.322 e. The molecule has 2 aromatic heterocycles. The van der Waals surface area contributed by atoms with Crippen LogP contribution in [0.5, 0.6) is 0 Å². The first-order valence-corrected chi connectivity index (χ1v) is 10.2. The summed E-state index contributed by atoms with van der Waals surface area (Å²) in [5, 5.41) is 11.0. The number of hydrogen-bond donors (Lipinski definition) is 1. The van der Waals surface area contributed by atoms with Crippen LogP contribution in [0.2, 0.25) is 5.15 Å². The van der Waals surface area contributed by atoms with Crippen LogP contribution < -0.4 is 5.32 Å². The Bertz CT molecular complexity index is 652. The van der Waals surface area contributed by atoms with Crippen molar-refractivity contribution in [3.05, 3.63) is 23.5 Å². The number of unbranched alkanes of at least 4 members (excludes halogenated alkanes) is 1. The van der Waals surface area contributed by atoms with E-state index in [-0.39, 0.29) is 16.3 Å². The van der Waals surface area contributed by atoms with Gasteiger partial charge >= 0.3 is 0 Å². The van der Waals surface area contributed by atoms with Gasteiger partial charge in [0.2, 0.25) is 5.91 Å². The zero-order valence-corrected chi connectivity index (χ0v) is 16.0. The molecule has 0 bridgehead atoms. The molecular weight excluding hydrogens is 372 g/mol. The van der Waals surface area contributed by atoms with Crippen LogP contribution >= 0.6 is 46.5 Å².